The van der Waals surface area contributed by atoms with Gasteiger partial charge in [0.2, 0.25) is 5.91 Å². The van der Waals surface area contributed by atoms with Crippen molar-refractivity contribution in [2.24, 2.45) is 23.2 Å². The third kappa shape index (κ3) is 2.65. The summed E-state index contributed by atoms with van der Waals surface area (Å²) in [5.41, 5.74) is 0.854. The van der Waals surface area contributed by atoms with Crippen molar-refractivity contribution < 1.29 is 13.7 Å². The quantitative estimate of drug-likeness (QED) is 0.890. The van der Waals surface area contributed by atoms with Gasteiger partial charge in [-0.2, -0.15) is 0 Å². The summed E-state index contributed by atoms with van der Waals surface area (Å²) in [7, 11) is 0. The second-order valence-corrected chi connectivity index (χ2v) is 8.54. The maximum absolute atomic E-state index is 13.9. The summed E-state index contributed by atoms with van der Waals surface area (Å²) in [6.45, 7) is 0.332. The first-order chi connectivity index (χ1) is 12.6. The first-order valence-corrected chi connectivity index (χ1v) is 9.60. The smallest absolute Gasteiger partial charge is 0.226 e. The number of hydrogen-bond donors (Lipinski definition) is 1. The van der Waals surface area contributed by atoms with Crippen LogP contribution in [0.5, 0.6) is 0 Å². The largest absolute Gasteiger partial charge is 0.356 e. The molecule has 1 heterocycles. The number of benzene rings is 1. The second kappa shape index (κ2) is 5.93. The molecule has 0 atom stereocenters. The zero-order chi connectivity index (χ0) is 17.7. The van der Waals surface area contributed by atoms with Crippen molar-refractivity contribution in [3.05, 3.63) is 41.8 Å². The van der Waals surface area contributed by atoms with Gasteiger partial charge in [-0.1, -0.05) is 17.3 Å². The highest BCUT2D eigenvalue weighted by atomic mass is 19.1. The van der Waals surface area contributed by atoms with Crippen molar-refractivity contribution >= 4 is 5.91 Å². The lowest BCUT2D eigenvalue weighted by atomic mass is 9.49. The Bertz CT molecular complexity index is 809. The molecule has 0 unspecified atom stereocenters. The van der Waals surface area contributed by atoms with Crippen molar-refractivity contribution in [2.75, 3.05) is 0 Å². The predicted molar refractivity (Wildman–Crippen MR) is 94.3 cm³/mol. The summed E-state index contributed by atoms with van der Waals surface area (Å²) < 4.78 is 19.1. The maximum Gasteiger partial charge on any atom is 0.226 e. The minimum Gasteiger partial charge on any atom is -0.356 e. The number of nitrogens with zero attached hydrogens (tertiary/aromatic N) is 1. The van der Waals surface area contributed by atoms with Crippen LogP contribution in [0.3, 0.4) is 0 Å². The Kier molecular flexibility index (Phi) is 3.66. The monoisotopic (exact) mass is 354 g/mol. The minimum atomic E-state index is -0.340. The van der Waals surface area contributed by atoms with Crippen molar-refractivity contribution in [1.82, 2.24) is 10.5 Å². The topological polar surface area (TPSA) is 55.1 Å². The third-order valence-corrected chi connectivity index (χ3v) is 6.65. The minimum absolute atomic E-state index is 0.160. The van der Waals surface area contributed by atoms with Gasteiger partial charge in [0.15, 0.2) is 5.76 Å². The lowest BCUT2D eigenvalue weighted by Crippen LogP contribution is -2.53. The van der Waals surface area contributed by atoms with E-state index in [0.717, 1.165) is 37.0 Å². The lowest BCUT2D eigenvalue weighted by Gasteiger charge is -2.55. The molecule has 2 aromatic rings. The van der Waals surface area contributed by atoms with Crippen molar-refractivity contribution in [2.45, 2.75) is 45.1 Å². The molecular weight excluding hydrogens is 331 g/mol. The van der Waals surface area contributed by atoms with Crippen LogP contribution >= 0.6 is 0 Å². The first-order valence-electron chi connectivity index (χ1n) is 9.60. The Morgan fingerprint density at radius 3 is 2.46 bits per heavy atom. The van der Waals surface area contributed by atoms with Gasteiger partial charge in [0.05, 0.1) is 12.1 Å². The first kappa shape index (κ1) is 16.0. The van der Waals surface area contributed by atoms with Crippen LogP contribution in [0.25, 0.3) is 11.3 Å². The predicted octanol–water partition coefficient (Wildman–Crippen LogP) is 4.31. The van der Waals surface area contributed by atoms with Gasteiger partial charge in [-0.05, 0) is 68.4 Å². The van der Waals surface area contributed by atoms with Crippen LogP contribution in [0.1, 0.15) is 44.2 Å². The van der Waals surface area contributed by atoms with Crippen LogP contribution in [0.2, 0.25) is 0 Å². The van der Waals surface area contributed by atoms with E-state index >= 15 is 0 Å². The molecule has 26 heavy (non-hydrogen) atoms. The van der Waals surface area contributed by atoms with Crippen molar-refractivity contribution in [1.29, 1.82) is 0 Å². The average Bonchev–Trinajstić information content (AvgIpc) is 3.07. The number of nitrogens with one attached hydrogen (secondary N) is 1. The molecule has 1 aromatic carbocycles. The summed E-state index contributed by atoms with van der Waals surface area (Å²) in [4.78, 5) is 13.0. The Balaban J connectivity index is 1.27. The molecule has 4 nitrogen and oxygen atoms in total. The molecule has 0 radical (unpaired) electrons. The number of rotatable bonds is 4. The molecule has 4 saturated carbocycles. The molecule has 4 aliphatic rings. The highest BCUT2D eigenvalue weighted by Gasteiger charge is 2.54. The van der Waals surface area contributed by atoms with Gasteiger partial charge in [0.25, 0.3) is 0 Å². The van der Waals surface area contributed by atoms with Gasteiger partial charge in [-0.15, -0.1) is 0 Å². The summed E-state index contributed by atoms with van der Waals surface area (Å²) in [6, 6.07) is 8.16. The van der Waals surface area contributed by atoms with E-state index in [0.29, 0.717) is 23.6 Å². The number of carbonyl (C=O) groups is 1. The van der Waals surface area contributed by atoms with Gasteiger partial charge in [0, 0.05) is 11.5 Å². The number of hydrogen-bond acceptors (Lipinski definition) is 3. The molecule has 1 N–H and O–H groups in total. The SMILES string of the molecule is O=C(NCc1cc(-c2ccccc2F)on1)C12CC3CC(CC(C3)C1)C2. The van der Waals surface area contributed by atoms with Crippen LogP contribution in [-0.2, 0) is 11.3 Å². The lowest BCUT2D eigenvalue weighted by molar-refractivity contribution is -0.146. The van der Waals surface area contributed by atoms with Gasteiger partial charge in [0.1, 0.15) is 11.5 Å². The van der Waals surface area contributed by atoms with E-state index in [9.17, 15) is 9.18 Å². The van der Waals surface area contributed by atoms with Crippen LogP contribution in [-0.4, -0.2) is 11.1 Å². The zero-order valence-corrected chi connectivity index (χ0v) is 14.7. The van der Waals surface area contributed by atoms with E-state index in [1.54, 1.807) is 24.3 Å². The van der Waals surface area contributed by atoms with E-state index in [-0.39, 0.29) is 17.1 Å². The van der Waals surface area contributed by atoms with E-state index in [1.807, 2.05) is 0 Å². The second-order valence-electron chi connectivity index (χ2n) is 8.54. The maximum atomic E-state index is 13.9. The van der Waals surface area contributed by atoms with Gasteiger partial charge in [-0.25, -0.2) is 4.39 Å². The summed E-state index contributed by atoms with van der Waals surface area (Å²) in [5.74, 6) is 2.45. The Morgan fingerprint density at radius 2 is 1.81 bits per heavy atom. The molecule has 4 aliphatic carbocycles. The normalized spacial score (nSPS) is 32.0. The number of aromatic nitrogens is 1. The Hall–Kier alpha value is -2.17. The average molecular weight is 354 g/mol. The van der Waals surface area contributed by atoms with E-state index in [2.05, 4.69) is 10.5 Å². The highest BCUT2D eigenvalue weighted by Crippen LogP contribution is 2.60. The van der Waals surface area contributed by atoms with E-state index < -0.39 is 0 Å². The summed E-state index contributed by atoms with van der Waals surface area (Å²) >= 11 is 0. The molecule has 6 rings (SSSR count). The molecule has 4 fully saturated rings. The fourth-order valence-electron chi connectivity index (χ4n) is 5.93. The summed E-state index contributed by atoms with van der Waals surface area (Å²) in [6.07, 6.45) is 7.10. The molecule has 0 saturated heterocycles. The molecule has 0 spiro atoms. The van der Waals surface area contributed by atoms with Crippen molar-refractivity contribution in [3.63, 3.8) is 0 Å². The molecular formula is C21H23FN2O2. The van der Waals surface area contributed by atoms with Crippen LogP contribution in [0.15, 0.2) is 34.9 Å². The Labute approximate surface area is 152 Å². The number of amides is 1. The molecule has 1 amide bonds. The zero-order valence-electron chi connectivity index (χ0n) is 14.7. The molecule has 1 aromatic heterocycles. The van der Waals surface area contributed by atoms with Crippen LogP contribution in [0, 0.1) is 29.0 Å². The standard InChI is InChI=1S/C21H23FN2O2/c22-18-4-2-1-3-17(18)19-8-16(24-26-19)12-23-20(25)21-9-13-5-14(10-21)7-15(6-13)11-21/h1-4,8,13-15H,5-7,9-12H2,(H,23,25). The van der Waals surface area contributed by atoms with Gasteiger partial charge in [-0.3, -0.25) is 4.79 Å². The highest BCUT2D eigenvalue weighted by molar-refractivity contribution is 5.83. The van der Waals surface area contributed by atoms with Gasteiger partial charge >= 0.3 is 0 Å². The van der Waals surface area contributed by atoms with Crippen LogP contribution < -0.4 is 5.32 Å². The number of halogens is 1. The number of carbonyl (C=O) groups excluding carboxylic acids is 1. The Morgan fingerprint density at radius 1 is 1.15 bits per heavy atom. The van der Waals surface area contributed by atoms with Gasteiger partial charge < -0.3 is 9.84 Å². The fourth-order valence-corrected chi connectivity index (χ4v) is 5.93. The van der Waals surface area contributed by atoms with E-state index in [4.69, 9.17) is 4.52 Å². The molecule has 0 aliphatic heterocycles. The van der Waals surface area contributed by atoms with Crippen molar-refractivity contribution in [3.8, 4) is 11.3 Å². The molecule has 4 bridgehead atoms. The molecule has 5 heteroatoms. The van der Waals surface area contributed by atoms with E-state index in [1.165, 1.54) is 25.3 Å². The summed E-state index contributed by atoms with van der Waals surface area (Å²) in [5, 5.41) is 7.08. The van der Waals surface area contributed by atoms with Crippen LogP contribution in [0.4, 0.5) is 4.39 Å². The third-order valence-electron chi connectivity index (χ3n) is 6.65. The fraction of sp³-hybridized carbons (Fsp3) is 0.524. The molecule has 136 valence electrons.